The van der Waals surface area contributed by atoms with Gasteiger partial charge in [0.1, 0.15) is 0 Å². The van der Waals surface area contributed by atoms with E-state index in [1.165, 1.54) is 244 Å². The van der Waals surface area contributed by atoms with Crippen molar-refractivity contribution in [1.29, 1.82) is 0 Å². The second-order valence-corrected chi connectivity index (χ2v) is 27.5. The Labute approximate surface area is 558 Å². The number of aryl methyl sites for hydroxylation is 6. The van der Waals surface area contributed by atoms with E-state index in [0.717, 1.165) is 19.3 Å². The van der Waals surface area contributed by atoms with Gasteiger partial charge in [-0.05, 0) is 236 Å². The van der Waals surface area contributed by atoms with Crippen molar-refractivity contribution >= 4 is 87.2 Å². The molecule has 0 radical (unpaired) electrons. The van der Waals surface area contributed by atoms with Crippen LogP contribution < -0.4 is 0 Å². The van der Waals surface area contributed by atoms with Crippen LogP contribution in [0.4, 0.5) is 0 Å². The van der Waals surface area contributed by atoms with Gasteiger partial charge in [-0.3, -0.25) is 0 Å². The summed E-state index contributed by atoms with van der Waals surface area (Å²) in [6, 6.07) is 95.8. The molecule has 95 heavy (non-hydrogen) atoms. The maximum Gasteiger partial charge on any atom is 0.0541 e. The van der Waals surface area contributed by atoms with E-state index in [0.29, 0.717) is 0 Å². The zero-order valence-electron chi connectivity index (χ0n) is 55.1. The van der Waals surface area contributed by atoms with Gasteiger partial charge in [0.25, 0.3) is 0 Å². The first-order valence-electron chi connectivity index (χ1n) is 35.4. The highest BCUT2D eigenvalue weighted by atomic mass is 15.0. The molecular weight excluding hydrogens is 1150 g/mol. The molecule has 0 N–H and O–H groups in total. The molecule has 4 heterocycles. The number of para-hydroxylation sites is 6. The van der Waals surface area contributed by atoms with E-state index >= 15 is 0 Å². The molecule has 12 aromatic carbocycles. The maximum atomic E-state index is 2.58. The number of hydrogen-bond acceptors (Lipinski definition) is 0. The fourth-order valence-electron chi connectivity index (χ4n) is 16.7. The van der Waals surface area contributed by atoms with Crippen LogP contribution in [0.25, 0.3) is 121 Å². The fraction of sp³-hybridized carbons (Fsp3) is 0.209. The van der Waals surface area contributed by atoms with Crippen molar-refractivity contribution in [3.63, 3.8) is 0 Å². The molecule has 0 saturated heterocycles. The van der Waals surface area contributed by atoms with Gasteiger partial charge >= 0.3 is 0 Å². The van der Waals surface area contributed by atoms with Crippen LogP contribution in [0, 0.1) is 13.8 Å². The minimum absolute atomic E-state index is 1.07. The molecule has 0 spiro atoms. The first-order chi connectivity index (χ1) is 47.0. The Morgan fingerprint density at radius 1 is 0.232 bits per heavy atom. The first-order valence-corrected chi connectivity index (χ1v) is 35.4. The van der Waals surface area contributed by atoms with Gasteiger partial charge in [0.15, 0.2) is 0 Å². The molecular formula is C91H82N4. The molecule has 0 atom stereocenters. The zero-order chi connectivity index (χ0) is 63.3. The van der Waals surface area contributed by atoms with E-state index in [9.17, 15) is 0 Å². The summed E-state index contributed by atoms with van der Waals surface area (Å²) in [5, 5.41) is 10.5. The molecule has 0 amide bonds. The molecule has 16 aromatic rings. The molecule has 0 fully saturated rings. The highest BCUT2D eigenvalue weighted by Crippen LogP contribution is 2.42. The van der Waals surface area contributed by atoms with Crippen molar-refractivity contribution in [1.82, 2.24) is 18.3 Å². The van der Waals surface area contributed by atoms with Crippen LogP contribution in [-0.4, -0.2) is 18.3 Å². The summed E-state index contributed by atoms with van der Waals surface area (Å²) in [6.45, 7) is 4.70. The summed E-state index contributed by atoms with van der Waals surface area (Å²) >= 11 is 0. The maximum absolute atomic E-state index is 2.58. The Hall–Kier alpha value is -10.2. The van der Waals surface area contributed by atoms with Crippen molar-refractivity contribution in [3.05, 3.63) is 299 Å². The van der Waals surface area contributed by atoms with Crippen molar-refractivity contribution in [2.24, 2.45) is 0 Å². The largest absolute Gasteiger partial charge is 0.309 e. The molecule has 4 nitrogen and oxygen atoms in total. The monoisotopic (exact) mass is 1230 g/mol. The number of nitrogens with zero attached hydrogens (tertiary/aromatic N) is 4. The Bertz CT molecular complexity index is 5090. The van der Waals surface area contributed by atoms with E-state index in [4.69, 9.17) is 0 Å². The summed E-state index contributed by atoms with van der Waals surface area (Å²) in [5.41, 5.74) is 29.7. The van der Waals surface area contributed by atoms with Crippen LogP contribution in [-0.2, 0) is 32.1 Å². The summed E-state index contributed by atoms with van der Waals surface area (Å²) < 4.78 is 9.70. The molecule has 4 aromatic heterocycles. The predicted molar refractivity (Wildman–Crippen MR) is 405 cm³/mol. The molecule has 0 aliphatic heterocycles. The highest BCUT2D eigenvalue weighted by molar-refractivity contribution is 6.12. The lowest BCUT2D eigenvalue weighted by Gasteiger charge is -2.12. The molecule has 1 aliphatic carbocycles. The quantitative estimate of drug-likeness (QED) is 0.0603. The standard InChI is InChI=1S/C91H82N4/c1-62-55-68-59-69-56-63(2)67(30-14-10-6-4-8-12-28-65-44-54-91-83(58-65)79-36-20-26-42-89(79)95(91)73-51-47-71(48-52-73)93-86-39-23-17-33-76(86)77-34-18-24-40-87(77)93)61-81(69)80(68)60-66(62)29-13-9-5-3-7-11-27-64-43-53-90-82(57-64)78-35-19-25-41-88(78)94(90)72-49-45-70(46-50-72)92-84-37-21-15-31-74(84)75-32-16-22-38-85(75)92/h15-26,31-58,60-61H,3-14,27-30,59H2,1-2H3. The van der Waals surface area contributed by atoms with Crippen molar-refractivity contribution in [3.8, 4) is 33.9 Å². The van der Waals surface area contributed by atoms with Crippen LogP contribution >= 0.6 is 0 Å². The van der Waals surface area contributed by atoms with Gasteiger partial charge < -0.3 is 18.3 Å². The number of benzene rings is 12. The smallest absolute Gasteiger partial charge is 0.0541 e. The van der Waals surface area contributed by atoms with Gasteiger partial charge in [0.05, 0.1) is 44.1 Å². The number of unbranched alkanes of at least 4 members (excludes halogenated alkanes) is 10. The third-order valence-electron chi connectivity index (χ3n) is 21.5. The summed E-state index contributed by atoms with van der Waals surface area (Å²) in [4.78, 5) is 0. The fourth-order valence-corrected chi connectivity index (χ4v) is 16.7. The molecule has 0 bridgehead atoms. The van der Waals surface area contributed by atoms with Crippen LogP contribution in [0.2, 0.25) is 0 Å². The molecule has 466 valence electrons. The average molecular weight is 1230 g/mol. The SMILES string of the molecule is Cc1cc2c(cc1CCCCCCCCc1ccc3c(c1)c1ccccc1n3-c1ccc(-n3c4ccccc4c4ccccc43)cc1)-c1cc(CCCCCCCCc3ccc4c(c3)c3ccccc3n4-c3ccc(-n4c5ccccc5c5ccccc54)cc3)c(C)cc1C2. The zero-order valence-corrected chi connectivity index (χ0v) is 55.1. The van der Waals surface area contributed by atoms with Crippen molar-refractivity contribution in [2.45, 2.75) is 123 Å². The van der Waals surface area contributed by atoms with E-state index < -0.39 is 0 Å². The number of rotatable bonds is 22. The topological polar surface area (TPSA) is 19.7 Å². The third-order valence-corrected chi connectivity index (χ3v) is 21.5. The lowest BCUT2D eigenvalue weighted by Crippen LogP contribution is -1.97. The number of hydrogen-bond donors (Lipinski definition) is 0. The molecule has 0 saturated carbocycles. The predicted octanol–water partition coefficient (Wildman–Crippen LogP) is 24.5. The highest BCUT2D eigenvalue weighted by Gasteiger charge is 2.23. The molecule has 1 aliphatic rings. The number of fused-ring (bicyclic) bond motifs is 15. The average Bonchev–Trinajstić information content (AvgIpc) is 1.63. The normalized spacial score (nSPS) is 12.3. The van der Waals surface area contributed by atoms with E-state index in [2.05, 4.69) is 287 Å². The van der Waals surface area contributed by atoms with Crippen LogP contribution in [0.5, 0.6) is 0 Å². The van der Waals surface area contributed by atoms with Gasteiger partial charge in [-0.2, -0.15) is 0 Å². The Kier molecular flexibility index (Phi) is 15.6. The summed E-state index contributed by atoms with van der Waals surface area (Å²) in [5.74, 6) is 0. The minimum Gasteiger partial charge on any atom is -0.309 e. The first kappa shape index (κ1) is 58.6. The number of aromatic nitrogens is 4. The van der Waals surface area contributed by atoms with Crippen molar-refractivity contribution < 1.29 is 0 Å². The summed E-state index contributed by atoms with van der Waals surface area (Å²) in [7, 11) is 0. The molecule has 0 unspecified atom stereocenters. The molecule has 4 heteroatoms. The van der Waals surface area contributed by atoms with Gasteiger partial charge in [0.2, 0.25) is 0 Å². The Balaban J connectivity index is 0.467. The van der Waals surface area contributed by atoms with Gasteiger partial charge in [-0.15, -0.1) is 0 Å². The summed E-state index contributed by atoms with van der Waals surface area (Å²) in [6.07, 6.45) is 21.1. The Morgan fingerprint density at radius 2 is 0.484 bits per heavy atom. The lowest BCUT2D eigenvalue weighted by atomic mass is 9.93. The lowest BCUT2D eigenvalue weighted by molar-refractivity contribution is 0.593. The van der Waals surface area contributed by atoms with Crippen LogP contribution in [0.15, 0.2) is 255 Å². The Morgan fingerprint density at radius 3 is 0.789 bits per heavy atom. The second-order valence-electron chi connectivity index (χ2n) is 27.5. The molecule has 17 rings (SSSR count). The van der Waals surface area contributed by atoms with Crippen molar-refractivity contribution in [2.75, 3.05) is 0 Å². The second kappa shape index (κ2) is 25.3. The van der Waals surface area contributed by atoms with Crippen LogP contribution in [0.1, 0.15) is 122 Å². The van der Waals surface area contributed by atoms with Gasteiger partial charge in [-0.25, -0.2) is 0 Å². The van der Waals surface area contributed by atoms with E-state index in [1.807, 2.05) is 0 Å². The van der Waals surface area contributed by atoms with Gasteiger partial charge in [0, 0.05) is 65.8 Å². The van der Waals surface area contributed by atoms with Crippen LogP contribution in [0.3, 0.4) is 0 Å². The van der Waals surface area contributed by atoms with Gasteiger partial charge in [-0.1, -0.05) is 197 Å². The minimum atomic E-state index is 1.07. The third kappa shape index (κ3) is 10.8. The van der Waals surface area contributed by atoms with E-state index in [-0.39, 0.29) is 0 Å². The van der Waals surface area contributed by atoms with E-state index in [1.54, 1.807) is 11.1 Å².